The number of rotatable bonds is 5. The standard InChI is InChI=1S/C65H53N/c1-63(2,3)53-40-39-52-60-49-24-14-13-23-48(49)57(64(4,5)6)41-58(60)65(55-28-17-26-50(53)61(52)55)54-27-16-15-25-51(54)62-56(65)29-18-30-59(62)66(46-35-31-44(32-36-46)42-19-9-7-10-20-42)47-37-33-45(34-38-47)43-21-11-8-12-22-43/h7-41H,1-6H3. The van der Waals surface area contributed by atoms with Gasteiger partial charge >= 0.3 is 0 Å². The summed E-state index contributed by atoms with van der Waals surface area (Å²) in [6.07, 6.45) is 0. The Labute approximate surface area is 389 Å². The summed E-state index contributed by atoms with van der Waals surface area (Å²) in [5, 5.41) is 5.35. The molecule has 0 amide bonds. The van der Waals surface area contributed by atoms with E-state index in [0.29, 0.717) is 0 Å². The van der Waals surface area contributed by atoms with Gasteiger partial charge in [0.1, 0.15) is 0 Å². The number of benzene rings is 10. The van der Waals surface area contributed by atoms with Gasteiger partial charge in [0, 0.05) is 16.9 Å². The fraction of sp³-hybridized carbons (Fsp3) is 0.138. The van der Waals surface area contributed by atoms with E-state index in [1.807, 2.05) is 0 Å². The van der Waals surface area contributed by atoms with Crippen molar-refractivity contribution < 1.29 is 0 Å². The molecule has 0 bridgehead atoms. The molecule has 318 valence electrons. The van der Waals surface area contributed by atoms with Crippen molar-refractivity contribution in [2.75, 3.05) is 4.90 Å². The molecule has 1 nitrogen and oxygen atoms in total. The van der Waals surface area contributed by atoms with E-state index in [0.717, 1.165) is 17.1 Å². The van der Waals surface area contributed by atoms with Crippen molar-refractivity contribution >= 4 is 38.6 Å². The Morgan fingerprint density at radius 3 is 1.45 bits per heavy atom. The third-order valence-corrected chi connectivity index (χ3v) is 14.5. The number of nitrogens with zero attached hydrogens (tertiary/aromatic N) is 1. The Balaban J connectivity index is 1.19. The maximum absolute atomic E-state index is 2.61. The molecule has 10 aromatic carbocycles. The van der Waals surface area contributed by atoms with Crippen LogP contribution in [0.5, 0.6) is 0 Å². The molecule has 0 N–H and O–H groups in total. The van der Waals surface area contributed by atoms with Gasteiger partial charge in [0.25, 0.3) is 0 Å². The molecule has 10 aromatic rings. The highest BCUT2D eigenvalue weighted by Gasteiger charge is 2.52. The van der Waals surface area contributed by atoms with Gasteiger partial charge in [-0.3, -0.25) is 0 Å². The van der Waals surface area contributed by atoms with Crippen molar-refractivity contribution in [3.63, 3.8) is 0 Å². The molecule has 0 heterocycles. The quantitative estimate of drug-likeness (QED) is 0.167. The second kappa shape index (κ2) is 14.8. The van der Waals surface area contributed by atoms with Crippen LogP contribution in [0, 0.1) is 0 Å². The van der Waals surface area contributed by atoms with E-state index in [-0.39, 0.29) is 10.8 Å². The fourth-order valence-corrected chi connectivity index (χ4v) is 11.7. The molecule has 1 atom stereocenters. The minimum Gasteiger partial charge on any atom is -0.310 e. The van der Waals surface area contributed by atoms with Crippen molar-refractivity contribution in [3.8, 4) is 44.5 Å². The van der Waals surface area contributed by atoms with E-state index in [1.165, 1.54) is 99.4 Å². The predicted molar refractivity (Wildman–Crippen MR) is 281 cm³/mol. The van der Waals surface area contributed by atoms with Gasteiger partial charge in [0.15, 0.2) is 0 Å². The molecule has 0 saturated carbocycles. The zero-order valence-electron chi connectivity index (χ0n) is 38.7. The Morgan fingerprint density at radius 2 is 0.833 bits per heavy atom. The summed E-state index contributed by atoms with van der Waals surface area (Å²) in [6, 6.07) is 79.9. The van der Waals surface area contributed by atoms with Gasteiger partial charge in [-0.15, -0.1) is 0 Å². The van der Waals surface area contributed by atoms with Crippen LogP contribution < -0.4 is 4.90 Å². The Kier molecular flexibility index (Phi) is 8.97. The Morgan fingerprint density at radius 1 is 0.333 bits per heavy atom. The third kappa shape index (κ3) is 5.92. The minimum absolute atomic E-state index is 0.0476. The lowest BCUT2D eigenvalue weighted by Gasteiger charge is -2.42. The minimum atomic E-state index is -0.607. The van der Waals surface area contributed by atoms with Crippen LogP contribution in [0.25, 0.3) is 66.1 Å². The zero-order valence-corrected chi connectivity index (χ0v) is 38.7. The topological polar surface area (TPSA) is 3.24 Å². The van der Waals surface area contributed by atoms with Crippen molar-refractivity contribution in [1.82, 2.24) is 0 Å². The zero-order chi connectivity index (χ0) is 45.0. The lowest BCUT2D eigenvalue weighted by atomic mass is 9.59. The number of anilines is 3. The SMILES string of the molecule is CC(C)(C)c1cc2c(c3ccccc13)-c1ccc(C(C)(C)C)c3cccc(c13)C21c2ccccc2-c2c(N(c3ccc(-c4ccccc4)cc3)c3ccc(-c4ccccc4)cc3)cccc21. The van der Waals surface area contributed by atoms with E-state index in [2.05, 4.69) is 259 Å². The van der Waals surface area contributed by atoms with Gasteiger partial charge < -0.3 is 4.90 Å². The summed E-state index contributed by atoms with van der Waals surface area (Å²) < 4.78 is 0. The summed E-state index contributed by atoms with van der Waals surface area (Å²) in [5.41, 5.74) is 20.8. The van der Waals surface area contributed by atoms with Crippen LogP contribution >= 0.6 is 0 Å². The van der Waals surface area contributed by atoms with E-state index >= 15 is 0 Å². The third-order valence-electron chi connectivity index (χ3n) is 14.5. The molecule has 1 heteroatoms. The van der Waals surface area contributed by atoms with E-state index in [4.69, 9.17) is 0 Å². The van der Waals surface area contributed by atoms with Gasteiger partial charge in [0.2, 0.25) is 0 Å². The second-order valence-corrected chi connectivity index (χ2v) is 20.4. The monoisotopic (exact) mass is 847 g/mol. The van der Waals surface area contributed by atoms with Gasteiger partial charge in [-0.2, -0.15) is 0 Å². The average Bonchev–Trinajstić information content (AvgIpc) is 3.64. The van der Waals surface area contributed by atoms with Crippen LogP contribution in [0.3, 0.4) is 0 Å². The molecular formula is C65H53N. The predicted octanol–water partition coefficient (Wildman–Crippen LogP) is 17.7. The van der Waals surface area contributed by atoms with Crippen molar-refractivity contribution in [2.24, 2.45) is 0 Å². The van der Waals surface area contributed by atoms with Crippen LogP contribution in [0.1, 0.15) is 74.9 Å². The molecule has 2 aliphatic rings. The van der Waals surface area contributed by atoms with Crippen LogP contribution in [0.15, 0.2) is 212 Å². The first kappa shape index (κ1) is 40.1. The summed E-state index contributed by atoms with van der Waals surface area (Å²) in [4.78, 5) is 2.50. The molecule has 2 aliphatic carbocycles. The maximum atomic E-state index is 2.61. The normalized spacial score (nSPS) is 14.9. The molecule has 12 rings (SSSR count). The van der Waals surface area contributed by atoms with Crippen LogP contribution in [-0.2, 0) is 16.2 Å². The summed E-state index contributed by atoms with van der Waals surface area (Å²) in [5.74, 6) is 0. The van der Waals surface area contributed by atoms with Crippen LogP contribution in [0.2, 0.25) is 0 Å². The first-order valence-corrected chi connectivity index (χ1v) is 23.5. The van der Waals surface area contributed by atoms with Gasteiger partial charge in [-0.1, -0.05) is 224 Å². The first-order valence-electron chi connectivity index (χ1n) is 23.5. The van der Waals surface area contributed by atoms with Crippen molar-refractivity contribution in [3.05, 3.63) is 246 Å². The molecule has 0 aromatic heterocycles. The first-order chi connectivity index (χ1) is 32.0. The average molecular weight is 848 g/mol. The summed E-state index contributed by atoms with van der Waals surface area (Å²) in [7, 11) is 0. The molecule has 0 radical (unpaired) electrons. The van der Waals surface area contributed by atoms with Crippen molar-refractivity contribution in [2.45, 2.75) is 57.8 Å². The summed E-state index contributed by atoms with van der Waals surface area (Å²) in [6.45, 7) is 14.2. The maximum Gasteiger partial charge on any atom is 0.0726 e. The van der Waals surface area contributed by atoms with E-state index in [9.17, 15) is 0 Å². The molecule has 0 fully saturated rings. The molecule has 66 heavy (non-hydrogen) atoms. The van der Waals surface area contributed by atoms with E-state index < -0.39 is 5.41 Å². The molecular weight excluding hydrogens is 795 g/mol. The van der Waals surface area contributed by atoms with Gasteiger partial charge in [0.05, 0.1) is 11.1 Å². The smallest absolute Gasteiger partial charge is 0.0726 e. The highest BCUT2D eigenvalue weighted by Crippen LogP contribution is 2.65. The fourth-order valence-electron chi connectivity index (χ4n) is 11.7. The van der Waals surface area contributed by atoms with E-state index in [1.54, 1.807) is 0 Å². The number of hydrogen-bond donors (Lipinski definition) is 0. The van der Waals surface area contributed by atoms with Crippen LogP contribution in [-0.4, -0.2) is 0 Å². The lowest BCUT2D eigenvalue weighted by molar-refractivity contribution is 0.593. The van der Waals surface area contributed by atoms with Crippen LogP contribution in [0.4, 0.5) is 17.1 Å². The largest absolute Gasteiger partial charge is 0.310 e. The highest BCUT2D eigenvalue weighted by molar-refractivity contribution is 6.15. The molecule has 0 aliphatic heterocycles. The Hall–Kier alpha value is -7.48. The number of fused-ring (bicyclic) bond motifs is 11. The van der Waals surface area contributed by atoms with Gasteiger partial charge in [-0.05, 0) is 135 Å². The molecule has 1 unspecified atom stereocenters. The second-order valence-electron chi connectivity index (χ2n) is 20.4. The Bertz CT molecular complexity index is 3430. The summed E-state index contributed by atoms with van der Waals surface area (Å²) >= 11 is 0. The number of hydrogen-bond acceptors (Lipinski definition) is 1. The van der Waals surface area contributed by atoms with Gasteiger partial charge in [-0.25, -0.2) is 0 Å². The lowest BCUT2D eigenvalue weighted by Crippen LogP contribution is -2.33. The van der Waals surface area contributed by atoms with Crippen molar-refractivity contribution in [1.29, 1.82) is 0 Å². The molecule has 1 spiro atoms. The highest BCUT2D eigenvalue weighted by atomic mass is 15.1. The molecule has 0 saturated heterocycles.